The molecule has 2 N–H and O–H groups in total. The molecule has 3 aliphatic rings. The van der Waals surface area contributed by atoms with Crippen molar-refractivity contribution in [1.29, 1.82) is 0 Å². The number of phenolic OH excluding ortho intramolecular Hbond substituents is 1. The number of fused-ring (bicyclic) bond motifs is 3. The van der Waals surface area contributed by atoms with Crippen molar-refractivity contribution in [3.05, 3.63) is 58.7 Å². The van der Waals surface area contributed by atoms with E-state index in [1.165, 1.54) is 5.57 Å². The van der Waals surface area contributed by atoms with Crippen LogP contribution in [0.5, 0.6) is 5.75 Å². The number of hydrogen-bond donors (Lipinski definition) is 2. The van der Waals surface area contributed by atoms with Crippen molar-refractivity contribution in [2.75, 3.05) is 6.61 Å². The third-order valence-electron chi connectivity index (χ3n) is 8.29. The summed E-state index contributed by atoms with van der Waals surface area (Å²) in [5.74, 6) is -0.386. The predicted molar refractivity (Wildman–Crippen MR) is 149 cm³/mol. The number of aliphatic hydroxyl groups excluding tert-OH is 1. The number of carbonyl (C=O) groups excluding carboxylic acids is 1. The highest BCUT2D eigenvalue weighted by molar-refractivity contribution is 5.96. The number of benzene rings is 1. The lowest BCUT2D eigenvalue weighted by atomic mass is 9.85. The molecule has 0 aromatic heterocycles. The first-order valence-electron chi connectivity index (χ1n) is 14.2. The number of phenols is 1. The van der Waals surface area contributed by atoms with E-state index in [1.807, 2.05) is 12.2 Å². The van der Waals surface area contributed by atoms with Gasteiger partial charge in [0.05, 0.1) is 24.4 Å². The molecule has 208 valence electrons. The summed E-state index contributed by atoms with van der Waals surface area (Å²) >= 11 is 0. The number of rotatable bonds is 2. The summed E-state index contributed by atoms with van der Waals surface area (Å²) in [6.07, 6.45) is 13.1. The summed E-state index contributed by atoms with van der Waals surface area (Å²) in [7, 11) is 0. The molecule has 0 amide bonds. The Labute approximate surface area is 227 Å². The molecule has 3 heterocycles. The zero-order chi connectivity index (χ0) is 27.4. The summed E-state index contributed by atoms with van der Waals surface area (Å²) in [5, 5.41) is 20.6. The molecular formula is C32H44O6. The molecule has 2 saturated heterocycles. The minimum atomic E-state index is -0.756. The topological polar surface area (TPSA) is 85.2 Å². The smallest absolute Gasteiger partial charge is 0.339 e. The second-order valence-electron chi connectivity index (χ2n) is 11.6. The maximum absolute atomic E-state index is 13.6. The van der Waals surface area contributed by atoms with Crippen LogP contribution in [0.15, 0.2) is 42.0 Å². The number of aliphatic hydroxyl groups is 1. The van der Waals surface area contributed by atoms with Crippen LogP contribution >= 0.6 is 0 Å². The van der Waals surface area contributed by atoms with Crippen LogP contribution in [0.2, 0.25) is 0 Å². The lowest BCUT2D eigenvalue weighted by molar-refractivity contribution is -0.334. The number of esters is 1. The molecule has 6 atom stereocenters. The molecule has 4 rings (SSSR count). The molecule has 3 aliphatic heterocycles. The van der Waals surface area contributed by atoms with Gasteiger partial charge in [-0.05, 0) is 80.2 Å². The third kappa shape index (κ3) is 6.59. The lowest BCUT2D eigenvalue weighted by Crippen LogP contribution is -2.54. The van der Waals surface area contributed by atoms with Gasteiger partial charge < -0.3 is 24.4 Å². The van der Waals surface area contributed by atoms with Crippen molar-refractivity contribution < 1.29 is 29.2 Å². The maximum Gasteiger partial charge on any atom is 0.339 e. The van der Waals surface area contributed by atoms with E-state index in [1.54, 1.807) is 19.1 Å². The van der Waals surface area contributed by atoms with Crippen LogP contribution < -0.4 is 0 Å². The van der Waals surface area contributed by atoms with Gasteiger partial charge in [-0.25, -0.2) is 4.79 Å². The quantitative estimate of drug-likeness (QED) is 0.333. The van der Waals surface area contributed by atoms with Crippen LogP contribution in [-0.2, 0) is 14.2 Å². The number of ether oxygens (including phenoxy) is 3. The van der Waals surface area contributed by atoms with E-state index in [0.29, 0.717) is 46.9 Å². The fourth-order valence-corrected chi connectivity index (χ4v) is 6.09. The number of hydrogen-bond acceptors (Lipinski definition) is 6. The minimum Gasteiger partial charge on any atom is -0.508 e. The van der Waals surface area contributed by atoms with Crippen LogP contribution in [0.4, 0.5) is 0 Å². The molecule has 38 heavy (non-hydrogen) atoms. The van der Waals surface area contributed by atoms with Gasteiger partial charge in [-0.15, -0.1) is 0 Å². The van der Waals surface area contributed by atoms with E-state index in [4.69, 9.17) is 14.2 Å². The van der Waals surface area contributed by atoms with E-state index in [2.05, 4.69) is 39.8 Å². The van der Waals surface area contributed by atoms with Crippen LogP contribution in [0.1, 0.15) is 94.1 Å². The number of allylic oxidation sites excluding steroid dienone is 4. The predicted octanol–water partition coefficient (Wildman–Crippen LogP) is 6.63. The van der Waals surface area contributed by atoms with Crippen molar-refractivity contribution in [2.45, 2.75) is 104 Å². The Morgan fingerprint density at radius 3 is 2.63 bits per heavy atom. The Balaban J connectivity index is 1.74. The summed E-state index contributed by atoms with van der Waals surface area (Å²) in [5.41, 5.74) is 3.23. The molecule has 1 aromatic carbocycles. The van der Waals surface area contributed by atoms with Gasteiger partial charge in [-0.1, -0.05) is 50.6 Å². The van der Waals surface area contributed by atoms with Gasteiger partial charge in [0.25, 0.3) is 0 Å². The Bertz CT molecular complexity index is 1100. The number of carbonyl (C=O) groups is 1. The second kappa shape index (κ2) is 12.2. The molecule has 1 spiro atoms. The van der Waals surface area contributed by atoms with Gasteiger partial charge in [-0.3, -0.25) is 0 Å². The van der Waals surface area contributed by atoms with Crippen LogP contribution in [0, 0.1) is 18.8 Å². The number of aryl methyl sites for hydroxylation is 1. The highest BCUT2D eigenvalue weighted by atomic mass is 16.7. The summed E-state index contributed by atoms with van der Waals surface area (Å²) < 4.78 is 19.5. The van der Waals surface area contributed by atoms with Crippen molar-refractivity contribution >= 4 is 11.5 Å². The molecule has 0 aliphatic carbocycles. The molecule has 0 unspecified atom stereocenters. The van der Waals surface area contributed by atoms with Crippen LogP contribution in [0.3, 0.4) is 0 Å². The van der Waals surface area contributed by atoms with Crippen molar-refractivity contribution in [3.63, 3.8) is 0 Å². The SMILES string of the molecule is CC[C@H]1O[C@]2(CC[C@@H]1C)C[C@@H]1C[C@@H](CC=C(C)C[C@@H](C)C=CC=C(CO)c3cc(O)c(C)cc3C(=O)O1)O2. The van der Waals surface area contributed by atoms with Crippen LogP contribution in [0.25, 0.3) is 5.57 Å². The fraction of sp³-hybridized carbons (Fsp3) is 0.594. The monoisotopic (exact) mass is 524 g/mol. The lowest BCUT2D eigenvalue weighted by Gasteiger charge is -2.49. The normalized spacial score (nSPS) is 32.8. The van der Waals surface area contributed by atoms with Crippen molar-refractivity contribution in [3.8, 4) is 5.75 Å². The average molecular weight is 525 g/mol. The molecule has 2 fully saturated rings. The Kier molecular flexibility index (Phi) is 9.17. The first kappa shape index (κ1) is 28.6. The largest absolute Gasteiger partial charge is 0.508 e. The van der Waals surface area contributed by atoms with Crippen molar-refractivity contribution in [2.24, 2.45) is 11.8 Å². The zero-order valence-corrected chi connectivity index (χ0v) is 23.5. The first-order chi connectivity index (χ1) is 18.1. The van der Waals surface area contributed by atoms with E-state index >= 15 is 0 Å². The van der Waals surface area contributed by atoms with Gasteiger partial charge >= 0.3 is 5.97 Å². The number of aromatic hydroxyl groups is 1. The summed E-state index contributed by atoms with van der Waals surface area (Å²) in [6.45, 7) is 10.2. The second-order valence-corrected chi connectivity index (χ2v) is 11.6. The van der Waals surface area contributed by atoms with E-state index in [9.17, 15) is 15.0 Å². The highest BCUT2D eigenvalue weighted by Gasteiger charge is 2.48. The van der Waals surface area contributed by atoms with E-state index in [0.717, 1.165) is 32.1 Å². The molecule has 6 heteroatoms. The molecule has 0 saturated carbocycles. The highest BCUT2D eigenvalue weighted by Crippen LogP contribution is 2.43. The molecule has 0 radical (unpaired) electrons. The fourth-order valence-electron chi connectivity index (χ4n) is 6.09. The van der Waals surface area contributed by atoms with E-state index in [-0.39, 0.29) is 30.7 Å². The first-order valence-corrected chi connectivity index (χ1v) is 14.2. The van der Waals surface area contributed by atoms with Gasteiger partial charge in [0.1, 0.15) is 11.9 Å². The molecule has 1 aromatic rings. The zero-order valence-electron chi connectivity index (χ0n) is 23.5. The van der Waals surface area contributed by atoms with Gasteiger partial charge in [0, 0.05) is 19.3 Å². The summed E-state index contributed by atoms with van der Waals surface area (Å²) in [6, 6.07) is 3.20. The minimum absolute atomic E-state index is 0.0730. The Morgan fingerprint density at radius 2 is 1.89 bits per heavy atom. The third-order valence-corrected chi connectivity index (χ3v) is 8.29. The van der Waals surface area contributed by atoms with Gasteiger partial charge in [0.15, 0.2) is 5.79 Å². The molecular weight excluding hydrogens is 480 g/mol. The Hall–Kier alpha value is -2.41. The van der Waals surface area contributed by atoms with Crippen molar-refractivity contribution in [1.82, 2.24) is 0 Å². The molecule has 6 nitrogen and oxygen atoms in total. The van der Waals surface area contributed by atoms with Gasteiger partial charge in [-0.2, -0.15) is 0 Å². The maximum atomic E-state index is 13.6. The Morgan fingerprint density at radius 1 is 1.11 bits per heavy atom. The summed E-state index contributed by atoms with van der Waals surface area (Å²) in [4.78, 5) is 13.6. The van der Waals surface area contributed by atoms with E-state index < -0.39 is 11.8 Å². The van der Waals surface area contributed by atoms with Crippen LogP contribution in [-0.4, -0.2) is 46.9 Å². The average Bonchev–Trinajstić information content (AvgIpc) is 2.88. The van der Waals surface area contributed by atoms with Gasteiger partial charge in [0.2, 0.25) is 0 Å². The standard InChI is InChI=1S/C32H44O6/c1-6-30-22(4)12-13-32(38-30)18-26-16-25(37-32)11-10-21(3)14-20(2)8-7-9-24(19-33)27-17-29(34)23(5)15-28(27)31(35)36-26/h7-10,15,17,20,22,25-26,30,33-34H,6,11-14,16,18-19H2,1-5H3/t20-,22-,25+,26-,30+,32+/m0/s1. The molecule has 2 bridgehead atoms.